The fourth-order valence-corrected chi connectivity index (χ4v) is 2.42. The van der Waals surface area contributed by atoms with Crippen LogP contribution in [-0.2, 0) is 0 Å². The Labute approximate surface area is 119 Å². The number of likely N-dealkylation sites (N-methyl/N-ethyl adjacent to an activating group) is 1. The molecule has 6 heteroatoms. The Bertz CT molecular complexity index is 472. The van der Waals surface area contributed by atoms with Gasteiger partial charge in [0.15, 0.2) is 0 Å². The van der Waals surface area contributed by atoms with Crippen LogP contribution in [-0.4, -0.2) is 56.1 Å². The summed E-state index contributed by atoms with van der Waals surface area (Å²) in [5, 5.41) is 14.2. The summed E-state index contributed by atoms with van der Waals surface area (Å²) in [6.07, 6.45) is 0. The molecule has 0 unspecified atom stereocenters. The van der Waals surface area contributed by atoms with Crippen molar-refractivity contribution in [2.24, 2.45) is 0 Å². The molecule has 1 aliphatic rings. The number of nitro groups is 1. The van der Waals surface area contributed by atoms with Gasteiger partial charge in [0, 0.05) is 64.1 Å². The van der Waals surface area contributed by atoms with Gasteiger partial charge in [-0.05, 0) is 18.6 Å². The van der Waals surface area contributed by atoms with E-state index in [1.54, 1.807) is 12.1 Å². The van der Waals surface area contributed by atoms with Crippen molar-refractivity contribution in [2.75, 3.05) is 51.2 Å². The van der Waals surface area contributed by atoms with Crippen LogP contribution in [0.1, 0.15) is 5.56 Å². The van der Waals surface area contributed by atoms with E-state index in [1.807, 2.05) is 20.0 Å². The zero-order valence-electron chi connectivity index (χ0n) is 12.1. The predicted molar refractivity (Wildman–Crippen MR) is 80.4 cm³/mol. The van der Waals surface area contributed by atoms with Crippen LogP contribution in [0.4, 0.5) is 11.4 Å². The standard InChI is InChI=1S/C14H22N4O2/c1-12-9-13(11-14(10-12)18(19)20)16(2)7-8-17-5-3-15-4-6-17/h9-11,15H,3-8H2,1-2H3. The van der Waals surface area contributed by atoms with E-state index in [2.05, 4.69) is 15.1 Å². The summed E-state index contributed by atoms with van der Waals surface area (Å²) in [4.78, 5) is 15.1. The first-order valence-corrected chi connectivity index (χ1v) is 6.96. The summed E-state index contributed by atoms with van der Waals surface area (Å²) in [5.41, 5.74) is 1.99. The molecule has 0 amide bonds. The lowest BCUT2D eigenvalue weighted by atomic mass is 10.2. The number of piperazine rings is 1. The van der Waals surface area contributed by atoms with Gasteiger partial charge in [-0.2, -0.15) is 0 Å². The van der Waals surface area contributed by atoms with E-state index in [1.165, 1.54) is 0 Å². The van der Waals surface area contributed by atoms with Gasteiger partial charge < -0.3 is 10.2 Å². The van der Waals surface area contributed by atoms with Gasteiger partial charge >= 0.3 is 0 Å². The van der Waals surface area contributed by atoms with Crippen LogP contribution in [0.15, 0.2) is 18.2 Å². The minimum atomic E-state index is -0.333. The van der Waals surface area contributed by atoms with Gasteiger partial charge in [-0.3, -0.25) is 15.0 Å². The average Bonchev–Trinajstić information content (AvgIpc) is 2.45. The summed E-state index contributed by atoms with van der Waals surface area (Å²) in [6, 6.07) is 5.24. The minimum Gasteiger partial charge on any atom is -0.373 e. The number of hydrogen-bond donors (Lipinski definition) is 1. The fourth-order valence-electron chi connectivity index (χ4n) is 2.42. The topological polar surface area (TPSA) is 61.6 Å². The molecule has 1 heterocycles. The lowest BCUT2D eigenvalue weighted by Gasteiger charge is -2.29. The van der Waals surface area contributed by atoms with Crippen molar-refractivity contribution >= 4 is 11.4 Å². The molecule has 0 aromatic heterocycles. The minimum absolute atomic E-state index is 0.161. The molecule has 2 rings (SSSR count). The molecule has 20 heavy (non-hydrogen) atoms. The Balaban J connectivity index is 1.97. The van der Waals surface area contributed by atoms with Gasteiger partial charge in [0.1, 0.15) is 0 Å². The zero-order chi connectivity index (χ0) is 14.5. The average molecular weight is 278 g/mol. The van der Waals surface area contributed by atoms with Crippen molar-refractivity contribution < 1.29 is 4.92 Å². The van der Waals surface area contributed by atoms with E-state index in [0.29, 0.717) is 0 Å². The lowest BCUT2D eigenvalue weighted by molar-refractivity contribution is -0.384. The van der Waals surface area contributed by atoms with E-state index in [9.17, 15) is 10.1 Å². The second-order valence-electron chi connectivity index (χ2n) is 5.30. The van der Waals surface area contributed by atoms with Crippen molar-refractivity contribution in [3.05, 3.63) is 33.9 Å². The Morgan fingerprint density at radius 2 is 2.05 bits per heavy atom. The number of non-ortho nitro benzene ring substituents is 1. The summed E-state index contributed by atoms with van der Waals surface area (Å²) >= 11 is 0. The number of benzene rings is 1. The molecule has 1 aromatic carbocycles. The molecular weight excluding hydrogens is 256 g/mol. The third kappa shape index (κ3) is 3.91. The second kappa shape index (κ2) is 6.67. The Morgan fingerprint density at radius 1 is 1.35 bits per heavy atom. The van der Waals surface area contributed by atoms with Crippen molar-refractivity contribution in [3.8, 4) is 0 Å². The number of rotatable bonds is 5. The van der Waals surface area contributed by atoms with Crippen molar-refractivity contribution in [1.82, 2.24) is 10.2 Å². The number of anilines is 1. The molecule has 110 valence electrons. The molecule has 0 atom stereocenters. The van der Waals surface area contributed by atoms with E-state index in [0.717, 1.165) is 50.5 Å². The van der Waals surface area contributed by atoms with Crippen LogP contribution in [0.3, 0.4) is 0 Å². The molecule has 0 saturated carbocycles. The highest BCUT2D eigenvalue weighted by Crippen LogP contribution is 2.22. The van der Waals surface area contributed by atoms with Crippen molar-refractivity contribution in [1.29, 1.82) is 0 Å². The SMILES string of the molecule is Cc1cc(N(C)CCN2CCNCC2)cc([N+](=O)[O-])c1. The molecule has 0 aliphatic carbocycles. The monoisotopic (exact) mass is 278 g/mol. The van der Waals surface area contributed by atoms with Gasteiger partial charge in [0.2, 0.25) is 0 Å². The number of aryl methyl sites for hydroxylation is 1. The maximum atomic E-state index is 10.9. The van der Waals surface area contributed by atoms with E-state index in [-0.39, 0.29) is 10.6 Å². The fraction of sp³-hybridized carbons (Fsp3) is 0.571. The van der Waals surface area contributed by atoms with Crippen LogP contribution in [0, 0.1) is 17.0 Å². The molecule has 0 bridgehead atoms. The van der Waals surface area contributed by atoms with Gasteiger partial charge in [-0.15, -0.1) is 0 Å². The first-order valence-electron chi connectivity index (χ1n) is 6.96. The lowest BCUT2D eigenvalue weighted by Crippen LogP contribution is -2.46. The molecular formula is C14H22N4O2. The molecule has 6 nitrogen and oxygen atoms in total. The first-order chi connectivity index (χ1) is 9.56. The van der Waals surface area contributed by atoms with Crippen molar-refractivity contribution in [3.63, 3.8) is 0 Å². The largest absolute Gasteiger partial charge is 0.373 e. The Hall–Kier alpha value is -1.66. The smallest absolute Gasteiger partial charge is 0.271 e. The summed E-state index contributed by atoms with van der Waals surface area (Å²) < 4.78 is 0. The second-order valence-corrected chi connectivity index (χ2v) is 5.30. The molecule has 1 N–H and O–H groups in total. The van der Waals surface area contributed by atoms with Crippen LogP contribution in [0.5, 0.6) is 0 Å². The van der Waals surface area contributed by atoms with Gasteiger partial charge in [0.25, 0.3) is 5.69 Å². The van der Waals surface area contributed by atoms with E-state index >= 15 is 0 Å². The number of nitrogens with zero attached hydrogens (tertiary/aromatic N) is 3. The highest BCUT2D eigenvalue weighted by Gasteiger charge is 2.13. The molecule has 1 aromatic rings. The highest BCUT2D eigenvalue weighted by atomic mass is 16.6. The number of nitro benzene ring substituents is 1. The predicted octanol–water partition coefficient (Wildman–Crippen LogP) is 1.24. The summed E-state index contributed by atoms with van der Waals surface area (Å²) in [5.74, 6) is 0. The molecule has 0 radical (unpaired) electrons. The summed E-state index contributed by atoms with van der Waals surface area (Å²) in [6.45, 7) is 7.98. The molecule has 1 saturated heterocycles. The third-order valence-corrected chi connectivity index (χ3v) is 3.66. The summed E-state index contributed by atoms with van der Waals surface area (Å²) in [7, 11) is 1.99. The van der Waals surface area contributed by atoms with Crippen LogP contribution in [0.25, 0.3) is 0 Å². The Morgan fingerprint density at radius 3 is 2.70 bits per heavy atom. The van der Waals surface area contributed by atoms with E-state index < -0.39 is 0 Å². The molecule has 1 aliphatic heterocycles. The molecule has 0 spiro atoms. The van der Waals surface area contributed by atoms with Crippen LogP contribution in [0.2, 0.25) is 0 Å². The van der Waals surface area contributed by atoms with Gasteiger partial charge in [0.05, 0.1) is 4.92 Å². The van der Waals surface area contributed by atoms with Crippen molar-refractivity contribution in [2.45, 2.75) is 6.92 Å². The maximum Gasteiger partial charge on any atom is 0.271 e. The quantitative estimate of drug-likeness (QED) is 0.648. The van der Waals surface area contributed by atoms with Crippen LogP contribution < -0.4 is 10.2 Å². The number of hydrogen-bond acceptors (Lipinski definition) is 5. The normalized spacial score (nSPS) is 16.1. The van der Waals surface area contributed by atoms with Gasteiger partial charge in [-0.1, -0.05) is 0 Å². The first kappa shape index (κ1) is 14.7. The Kier molecular flexibility index (Phi) is 4.92. The van der Waals surface area contributed by atoms with E-state index in [4.69, 9.17) is 0 Å². The third-order valence-electron chi connectivity index (χ3n) is 3.66. The number of nitrogens with one attached hydrogen (secondary N) is 1. The highest BCUT2D eigenvalue weighted by molar-refractivity contribution is 5.55. The van der Waals surface area contributed by atoms with Gasteiger partial charge in [-0.25, -0.2) is 0 Å². The van der Waals surface area contributed by atoms with Crippen LogP contribution >= 0.6 is 0 Å². The molecule has 1 fully saturated rings. The maximum absolute atomic E-state index is 10.9. The zero-order valence-corrected chi connectivity index (χ0v) is 12.1.